The Bertz CT molecular complexity index is 323. The molecule has 0 amide bonds. The van der Waals surface area contributed by atoms with Gasteiger partial charge in [-0.1, -0.05) is 5.16 Å². The molecule has 0 aliphatic heterocycles. The SMILES string of the molecule is CC(C/C(N)=N/O)NCCCCn1ccnc1. The number of oxime groups is 1. The van der Waals surface area contributed by atoms with Gasteiger partial charge in [-0.2, -0.15) is 0 Å². The van der Waals surface area contributed by atoms with Crippen molar-refractivity contribution < 1.29 is 5.21 Å². The van der Waals surface area contributed by atoms with Crippen molar-refractivity contribution in [3.05, 3.63) is 18.7 Å². The van der Waals surface area contributed by atoms with Crippen molar-refractivity contribution in [2.24, 2.45) is 10.9 Å². The Hall–Kier alpha value is -1.56. The first kappa shape index (κ1) is 13.5. The fraction of sp³-hybridized carbons (Fsp3) is 0.636. The number of aryl methyl sites for hydroxylation is 1. The molecule has 0 aliphatic rings. The molecule has 6 heteroatoms. The van der Waals surface area contributed by atoms with E-state index in [9.17, 15) is 0 Å². The summed E-state index contributed by atoms with van der Waals surface area (Å²) in [5.74, 6) is 0.267. The van der Waals surface area contributed by atoms with Gasteiger partial charge in [0, 0.05) is 31.4 Å². The number of nitrogens with two attached hydrogens (primary N) is 1. The van der Waals surface area contributed by atoms with Crippen LogP contribution in [-0.4, -0.2) is 33.2 Å². The first-order chi connectivity index (χ1) is 8.22. The van der Waals surface area contributed by atoms with Crippen LogP contribution in [0.15, 0.2) is 23.9 Å². The summed E-state index contributed by atoms with van der Waals surface area (Å²) in [6, 6.07) is 0.235. The van der Waals surface area contributed by atoms with Crippen LogP contribution in [0.3, 0.4) is 0 Å². The highest BCUT2D eigenvalue weighted by molar-refractivity contribution is 5.80. The number of imidazole rings is 1. The molecule has 6 nitrogen and oxygen atoms in total. The number of nitrogens with one attached hydrogen (secondary N) is 1. The standard InChI is InChI=1S/C11H21N5O/c1-10(8-11(12)15-17)14-4-2-3-6-16-7-5-13-9-16/h5,7,9-10,14,17H,2-4,6,8H2,1H3,(H2,12,15). The van der Waals surface area contributed by atoms with E-state index in [0.29, 0.717) is 6.42 Å². The number of amidine groups is 1. The number of hydrogen-bond donors (Lipinski definition) is 3. The van der Waals surface area contributed by atoms with Crippen LogP contribution in [0.1, 0.15) is 26.2 Å². The lowest BCUT2D eigenvalue weighted by Gasteiger charge is -2.12. The van der Waals surface area contributed by atoms with E-state index in [1.165, 1.54) is 0 Å². The van der Waals surface area contributed by atoms with Crippen molar-refractivity contribution in [3.63, 3.8) is 0 Å². The first-order valence-electron chi connectivity index (χ1n) is 5.88. The third-order valence-electron chi connectivity index (χ3n) is 2.54. The fourth-order valence-corrected chi connectivity index (χ4v) is 1.61. The van der Waals surface area contributed by atoms with Crippen LogP contribution in [0, 0.1) is 0 Å². The van der Waals surface area contributed by atoms with Gasteiger partial charge in [-0.3, -0.25) is 0 Å². The quantitative estimate of drug-likeness (QED) is 0.206. The Balaban J connectivity index is 2.00. The van der Waals surface area contributed by atoms with Gasteiger partial charge in [0.1, 0.15) is 5.84 Å². The van der Waals surface area contributed by atoms with Crippen molar-refractivity contribution in [3.8, 4) is 0 Å². The van der Waals surface area contributed by atoms with Gasteiger partial charge in [0.15, 0.2) is 0 Å². The second kappa shape index (κ2) is 7.67. The van der Waals surface area contributed by atoms with E-state index < -0.39 is 0 Å². The Kier molecular flexibility index (Phi) is 6.09. The van der Waals surface area contributed by atoms with E-state index in [2.05, 4.69) is 20.0 Å². The van der Waals surface area contributed by atoms with Crippen LogP contribution in [0.2, 0.25) is 0 Å². The predicted molar refractivity (Wildman–Crippen MR) is 67.0 cm³/mol. The van der Waals surface area contributed by atoms with Crippen LogP contribution < -0.4 is 11.1 Å². The molecule has 0 saturated heterocycles. The van der Waals surface area contributed by atoms with Crippen LogP contribution in [0.5, 0.6) is 0 Å². The first-order valence-corrected chi connectivity index (χ1v) is 5.88. The zero-order chi connectivity index (χ0) is 12.5. The molecular weight excluding hydrogens is 218 g/mol. The molecule has 96 valence electrons. The van der Waals surface area contributed by atoms with Crippen molar-refractivity contribution in [2.75, 3.05) is 6.54 Å². The van der Waals surface area contributed by atoms with E-state index in [1.807, 2.05) is 19.4 Å². The van der Waals surface area contributed by atoms with Gasteiger partial charge >= 0.3 is 0 Å². The van der Waals surface area contributed by atoms with Crippen molar-refractivity contribution in [1.82, 2.24) is 14.9 Å². The number of nitrogens with zero attached hydrogens (tertiary/aromatic N) is 3. The van der Waals surface area contributed by atoms with Crippen LogP contribution in [-0.2, 0) is 6.54 Å². The lowest BCUT2D eigenvalue weighted by atomic mass is 10.2. The molecule has 0 saturated carbocycles. The molecule has 4 N–H and O–H groups in total. The molecule has 0 fully saturated rings. The number of aromatic nitrogens is 2. The van der Waals surface area contributed by atoms with Gasteiger partial charge in [-0.15, -0.1) is 0 Å². The summed E-state index contributed by atoms with van der Waals surface area (Å²) >= 11 is 0. The Morgan fingerprint density at radius 2 is 2.41 bits per heavy atom. The average molecular weight is 239 g/mol. The summed E-state index contributed by atoms with van der Waals surface area (Å²) in [7, 11) is 0. The van der Waals surface area contributed by atoms with E-state index >= 15 is 0 Å². The van der Waals surface area contributed by atoms with Crippen molar-refractivity contribution >= 4 is 5.84 Å². The van der Waals surface area contributed by atoms with Gasteiger partial charge < -0.3 is 20.8 Å². The summed E-state index contributed by atoms with van der Waals surface area (Å²) in [5, 5.41) is 14.7. The zero-order valence-electron chi connectivity index (χ0n) is 10.2. The summed E-state index contributed by atoms with van der Waals surface area (Å²) in [5.41, 5.74) is 5.42. The highest BCUT2D eigenvalue weighted by atomic mass is 16.4. The topological polar surface area (TPSA) is 88.5 Å². The minimum Gasteiger partial charge on any atom is -0.409 e. The molecule has 1 unspecified atom stereocenters. The summed E-state index contributed by atoms with van der Waals surface area (Å²) < 4.78 is 2.07. The maximum absolute atomic E-state index is 8.43. The Labute approximate surface area is 102 Å². The summed E-state index contributed by atoms with van der Waals surface area (Å²) in [4.78, 5) is 3.99. The van der Waals surface area contributed by atoms with E-state index in [4.69, 9.17) is 10.9 Å². The molecule has 1 aromatic rings. The number of unbranched alkanes of at least 4 members (excludes halogenated alkanes) is 1. The second-order valence-corrected chi connectivity index (χ2v) is 4.16. The van der Waals surface area contributed by atoms with Gasteiger partial charge in [-0.05, 0) is 26.3 Å². The Morgan fingerprint density at radius 1 is 1.59 bits per heavy atom. The molecule has 1 aromatic heterocycles. The molecule has 0 bridgehead atoms. The van der Waals surface area contributed by atoms with E-state index in [-0.39, 0.29) is 11.9 Å². The van der Waals surface area contributed by atoms with Crippen molar-refractivity contribution in [2.45, 2.75) is 38.8 Å². The lowest BCUT2D eigenvalue weighted by molar-refractivity contribution is 0.315. The average Bonchev–Trinajstić information content (AvgIpc) is 2.81. The van der Waals surface area contributed by atoms with Gasteiger partial charge in [0.25, 0.3) is 0 Å². The number of rotatable bonds is 8. The van der Waals surface area contributed by atoms with Gasteiger partial charge in [0.2, 0.25) is 0 Å². The highest BCUT2D eigenvalue weighted by Crippen LogP contribution is 1.96. The third-order valence-corrected chi connectivity index (χ3v) is 2.54. The molecule has 1 atom stereocenters. The largest absolute Gasteiger partial charge is 0.409 e. The minimum absolute atomic E-state index is 0.235. The van der Waals surface area contributed by atoms with Crippen LogP contribution in [0.4, 0.5) is 0 Å². The zero-order valence-corrected chi connectivity index (χ0v) is 10.2. The van der Waals surface area contributed by atoms with Crippen LogP contribution >= 0.6 is 0 Å². The van der Waals surface area contributed by atoms with Gasteiger partial charge in [-0.25, -0.2) is 4.98 Å². The third kappa shape index (κ3) is 5.91. The minimum atomic E-state index is 0.235. The molecule has 0 aromatic carbocycles. The van der Waals surface area contributed by atoms with Crippen molar-refractivity contribution in [1.29, 1.82) is 0 Å². The normalized spacial score (nSPS) is 13.8. The predicted octanol–water partition coefficient (Wildman–Crippen LogP) is 0.778. The Morgan fingerprint density at radius 3 is 3.06 bits per heavy atom. The molecule has 0 spiro atoms. The van der Waals surface area contributed by atoms with Crippen LogP contribution in [0.25, 0.3) is 0 Å². The second-order valence-electron chi connectivity index (χ2n) is 4.16. The fourth-order valence-electron chi connectivity index (χ4n) is 1.61. The maximum Gasteiger partial charge on any atom is 0.140 e. The molecule has 0 aliphatic carbocycles. The molecule has 17 heavy (non-hydrogen) atoms. The highest BCUT2D eigenvalue weighted by Gasteiger charge is 2.03. The summed E-state index contributed by atoms with van der Waals surface area (Å²) in [6.07, 6.45) is 8.36. The molecule has 1 heterocycles. The molecule has 1 rings (SSSR count). The van der Waals surface area contributed by atoms with Gasteiger partial charge in [0.05, 0.1) is 6.33 Å². The lowest BCUT2D eigenvalue weighted by Crippen LogP contribution is -2.31. The molecule has 0 radical (unpaired) electrons. The van der Waals surface area contributed by atoms with E-state index in [0.717, 1.165) is 25.9 Å². The number of hydrogen-bond acceptors (Lipinski definition) is 4. The maximum atomic E-state index is 8.43. The molecular formula is C11H21N5O. The smallest absolute Gasteiger partial charge is 0.140 e. The summed E-state index contributed by atoms with van der Waals surface area (Å²) in [6.45, 7) is 3.96. The van der Waals surface area contributed by atoms with E-state index in [1.54, 1.807) is 6.20 Å². The monoisotopic (exact) mass is 239 g/mol.